The van der Waals surface area contributed by atoms with E-state index in [9.17, 15) is 4.79 Å². The van der Waals surface area contributed by atoms with Crippen LogP contribution in [0.25, 0.3) is 0 Å². The Labute approximate surface area is 102 Å². The Balaban J connectivity index is 2.10. The molecule has 2 rings (SSSR count). The number of hydrogen-bond donors (Lipinski definition) is 2. The maximum Gasteiger partial charge on any atom is 0.251 e. The summed E-state index contributed by atoms with van der Waals surface area (Å²) in [7, 11) is 0. The zero-order valence-corrected chi connectivity index (χ0v) is 10.4. The molecule has 1 amide bonds. The summed E-state index contributed by atoms with van der Waals surface area (Å²) in [5.74, 6) is 0.467. The van der Waals surface area contributed by atoms with E-state index < -0.39 is 0 Å². The first-order chi connectivity index (χ1) is 8.05. The smallest absolute Gasteiger partial charge is 0.251 e. The molecule has 1 aliphatic carbocycles. The van der Waals surface area contributed by atoms with E-state index in [1.165, 1.54) is 0 Å². The standard InChI is InChI=1S/C13H19N3O/c1-9-7-10(5-6-15-9)12(17)16-13(2,8-14)11-3-4-11/h5-7,11H,3-4,8,14H2,1-2H3,(H,16,17). The Hall–Kier alpha value is -1.42. The number of nitrogens with zero attached hydrogens (tertiary/aromatic N) is 1. The van der Waals surface area contributed by atoms with E-state index in [1.807, 2.05) is 13.8 Å². The summed E-state index contributed by atoms with van der Waals surface area (Å²) in [4.78, 5) is 16.2. The van der Waals surface area contributed by atoms with Crippen molar-refractivity contribution in [2.75, 3.05) is 6.54 Å². The van der Waals surface area contributed by atoms with Crippen LogP contribution in [-0.4, -0.2) is 23.0 Å². The topological polar surface area (TPSA) is 68.0 Å². The van der Waals surface area contributed by atoms with Crippen molar-refractivity contribution in [1.29, 1.82) is 0 Å². The molecule has 4 nitrogen and oxygen atoms in total. The Kier molecular flexibility index (Phi) is 3.15. The molecule has 1 atom stereocenters. The fourth-order valence-electron chi connectivity index (χ4n) is 2.06. The molecule has 1 aromatic rings. The average Bonchev–Trinajstić information content (AvgIpc) is 3.13. The number of pyridine rings is 1. The average molecular weight is 233 g/mol. The van der Waals surface area contributed by atoms with Gasteiger partial charge in [-0.1, -0.05) is 0 Å². The first-order valence-corrected chi connectivity index (χ1v) is 6.00. The first-order valence-electron chi connectivity index (χ1n) is 6.00. The molecule has 0 bridgehead atoms. The van der Waals surface area contributed by atoms with Crippen molar-refractivity contribution in [3.05, 3.63) is 29.6 Å². The zero-order chi connectivity index (χ0) is 12.5. The number of aryl methyl sites for hydroxylation is 1. The number of carbonyl (C=O) groups excluding carboxylic acids is 1. The molecular formula is C13H19N3O. The van der Waals surface area contributed by atoms with Crippen LogP contribution >= 0.6 is 0 Å². The first kappa shape index (κ1) is 12.0. The maximum absolute atomic E-state index is 12.1. The normalized spacial score (nSPS) is 18.5. The van der Waals surface area contributed by atoms with Crippen LogP contribution in [0.4, 0.5) is 0 Å². The number of nitrogens with two attached hydrogens (primary N) is 1. The van der Waals surface area contributed by atoms with Gasteiger partial charge in [0.2, 0.25) is 0 Å². The van der Waals surface area contributed by atoms with Crippen molar-refractivity contribution < 1.29 is 4.79 Å². The quantitative estimate of drug-likeness (QED) is 0.822. The summed E-state index contributed by atoms with van der Waals surface area (Å²) >= 11 is 0. The largest absolute Gasteiger partial charge is 0.345 e. The van der Waals surface area contributed by atoms with Crippen LogP contribution in [0.15, 0.2) is 18.3 Å². The number of aromatic nitrogens is 1. The highest BCUT2D eigenvalue weighted by atomic mass is 16.1. The minimum Gasteiger partial charge on any atom is -0.345 e. The molecule has 1 fully saturated rings. The van der Waals surface area contributed by atoms with E-state index in [4.69, 9.17) is 5.73 Å². The lowest BCUT2D eigenvalue weighted by Gasteiger charge is -2.29. The minimum atomic E-state index is -0.270. The van der Waals surface area contributed by atoms with Gasteiger partial charge in [-0.15, -0.1) is 0 Å². The van der Waals surface area contributed by atoms with E-state index >= 15 is 0 Å². The van der Waals surface area contributed by atoms with Crippen LogP contribution in [0.1, 0.15) is 35.8 Å². The van der Waals surface area contributed by atoms with Gasteiger partial charge in [-0.2, -0.15) is 0 Å². The molecule has 1 aliphatic rings. The minimum absolute atomic E-state index is 0.0599. The van der Waals surface area contributed by atoms with E-state index in [1.54, 1.807) is 18.3 Å². The lowest BCUT2D eigenvalue weighted by Crippen LogP contribution is -2.53. The van der Waals surface area contributed by atoms with Gasteiger partial charge in [-0.25, -0.2) is 0 Å². The van der Waals surface area contributed by atoms with Crippen LogP contribution in [0, 0.1) is 12.8 Å². The Morgan fingerprint density at radius 2 is 2.35 bits per heavy atom. The molecule has 0 spiro atoms. The summed E-state index contributed by atoms with van der Waals surface area (Å²) in [5, 5.41) is 3.06. The molecule has 4 heteroatoms. The van der Waals surface area contributed by atoms with Gasteiger partial charge in [0.1, 0.15) is 0 Å². The highest BCUT2D eigenvalue weighted by molar-refractivity contribution is 5.94. The second-order valence-corrected chi connectivity index (χ2v) is 5.04. The van der Waals surface area contributed by atoms with E-state index in [2.05, 4.69) is 10.3 Å². The predicted molar refractivity (Wildman–Crippen MR) is 66.6 cm³/mol. The molecule has 1 heterocycles. The van der Waals surface area contributed by atoms with Crippen molar-refractivity contribution in [3.63, 3.8) is 0 Å². The molecule has 17 heavy (non-hydrogen) atoms. The van der Waals surface area contributed by atoms with Crippen molar-refractivity contribution in [2.24, 2.45) is 11.7 Å². The third-order valence-electron chi connectivity index (χ3n) is 3.46. The molecule has 0 aliphatic heterocycles. The highest BCUT2D eigenvalue weighted by Gasteiger charge is 2.41. The molecule has 92 valence electrons. The second kappa shape index (κ2) is 4.45. The van der Waals surface area contributed by atoms with Gasteiger partial charge < -0.3 is 11.1 Å². The third-order valence-corrected chi connectivity index (χ3v) is 3.46. The summed E-state index contributed by atoms with van der Waals surface area (Å²) in [5.41, 5.74) is 7.00. The lowest BCUT2D eigenvalue weighted by molar-refractivity contribution is 0.0897. The molecule has 1 aromatic heterocycles. The Morgan fingerprint density at radius 1 is 1.65 bits per heavy atom. The van der Waals surface area contributed by atoms with Crippen LogP contribution in [-0.2, 0) is 0 Å². The van der Waals surface area contributed by atoms with Crippen LogP contribution in [0.2, 0.25) is 0 Å². The molecule has 0 saturated heterocycles. The van der Waals surface area contributed by atoms with Crippen molar-refractivity contribution in [2.45, 2.75) is 32.2 Å². The van der Waals surface area contributed by atoms with Crippen molar-refractivity contribution in [1.82, 2.24) is 10.3 Å². The van der Waals surface area contributed by atoms with Gasteiger partial charge in [0.15, 0.2) is 0 Å². The van der Waals surface area contributed by atoms with Gasteiger partial charge >= 0.3 is 0 Å². The maximum atomic E-state index is 12.1. The number of hydrogen-bond acceptors (Lipinski definition) is 3. The van der Waals surface area contributed by atoms with E-state index in [0.717, 1.165) is 18.5 Å². The summed E-state index contributed by atoms with van der Waals surface area (Å²) in [6.45, 7) is 4.38. The molecule has 0 radical (unpaired) electrons. The fourth-order valence-corrected chi connectivity index (χ4v) is 2.06. The Bertz CT molecular complexity index is 428. The van der Waals surface area contributed by atoms with Crippen LogP contribution in [0.3, 0.4) is 0 Å². The lowest BCUT2D eigenvalue weighted by atomic mass is 9.95. The highest BCUT2D eigenvalue weighted by Crippen LogP contribution is 2.39. The summed E-state index contributed by atoms with van der Waals surface area (Å²) in [6, 6.07) is 3.52. The van der Waals surface area contributed by atoms with Crippen molar-refractivity contribution >= 4 is 5.91 Å². The predicted octanol–water partition coefficient (Wildman–Crippen LogP) is 1.25. The number of nitrogens with one attached hydrogen (secondary N) is 1. The number of amides is 1. The molecule has 3 N–H and O–H groups in total. The summed E-state index contributed by atoms with van der Waals surface area (Å²) in [6.07, 6.45) is 3.97. The molecule has 1 saturated carbocycles. The molecular weight excluding hydrogens is 214 g/mol. The van der Waals surface area contributed by atoms with Gasteiger partial charge in [-0.05, 0) is 44.7 Å². The van der Waals surface area contributed by atoms with Gasteiger partial charge in [0.25, 0.3) is 5.91 Å². The van der Waals surface area contributed by atoms with Crippen molar-refractivity contribution in [3.8, 4) is 0 Å². The Morgan fingerprint density at radius 3 is 2.88 bits per heavy atom. The van der Waals surface area contributed by atoms with Gasteiger partial charge in [-0.3, -0.25) is 9.78 Å². The molecule has 1 unspecified atom stereocenters. The number of carbonyl (C=O) groups is 1. The SMILES string of the molecule is Cc1cc(C(=O)NC(C)(CN)C2CC2)ccn1. The summed E-state index contributed by atoms with van der Waals surface area (Å²) < 4.78 is 0. The van der Waals surface area contributed by atoms with Crippen LogP contribution < -0.4 is 11.1 Å². The van der Waals surface area contributed by atoms with Crippen LogP contribution in [0.5, 0.6) is 0 Å². The van der Waals surface area contributed by atoms with E-state index in [0.29, 0.717) is 18.0 Å². The van der Waals surface area contributed by atoms with Gasteiger partial charge in [0, 0.05) is 24.0 Å². The zero-order valence-electron chi connectivity index (χ0n) is 10.4. The second-order valence-electron chi connectivity index (χ2n) is 5.04. The monoisotopic (exact) mass is 233 g/mol. The van der Waals surface area contributed by atoms with Gasteiger partial charge in [0.05, 0.1) is 5.54 Å². The third kappa shape index (κ3) is 2.64. The fraction of sp³-hybridized carbons (Fsp3) is 0.538. The molecule has 0 aromatic carbocycles. The van der Waals surface area contributed by atoms with E-state index in [-0.39, 0.29) is 11.4 Å². The number of rotatable bonds is 4.